The summed E-state index contributed by atoms with van der Waals surface area (Å²) in [5.41, 5.74) is 0.638. The van der Waals surface area contributed by atoms with E-state index >= 15 is 0 Å². The van der Waals surface area contributed by atoms with Gasteiger partial charge in [-0.3, -0.25) is 4.79 Å². The van der Waals surface area contributed by atoms with Gasteiger partial charge in [-0.1, -0.05) is 23.2 Å². The van der Waals surface area contributed by atoms with E-state index in [1.807, 2.05) is 11.8 Å². The third kappa shape index (κ3) is 3.26. The normalized spacial score (nSPS) is 19.3. The smallest absolute Gasteiger partial charge is 0.244 e. The Morgan fingerprint density at radius 2 is 2.37 bits per heavy atom. The summed E-state index contributed by atoms with van der Waals surface area (Å²) in [7, 11) is 0. The van der Waals surface area contributed by atoms with Crippen molar-refractivity contribution >= 4 is 34.8 Å². The Morgan fingerprint density at radius 3 is 3.11 bits per heavy atom. The van der Waals surface area contributed by atoms with Crippen molar-refractivity contribution in [3.63, 3.8) is 0 Å². The summed E-state index contributed by atoms with van der Waals surface area (Å²) in [6.45, 7) is 4.46. The number of nitrogens with one attached hydrogen (secondary N) is 2. The van der Waals surface area contributed by atoms with Gasteiger partial charge < -0.3 is 15.5 Å². The van der Waals surface area contributed by atoms with Gasteiger partial charge in [0.2, 0.25) is 5.91 Å². The van der Waals surface area contributed by atoms with Gasteiger partial charge >= 0.3 is 0 Å². The zero-order chi connectivity index (χ0) is 13.8. The number of carbonyl (C=O) groups is 1. The highest BCUT2D eigenvalue weighted by molar-refractivity contribution is 6.33. The summed E-state index contributed by atoms with van der Waals surface area (Å²) >= 11 is 11.9. The maximum atomic E-state index is 12.1. The van der Waals surface area contributed by atoms with E-state index in [2.05, 4.69) is 20.8 Å². The fraction of sp³-hybridized carbons (Fsp3) is 0.545. The third-order valence-electron chi connectivity index (χ3n) is 2.91. The van der Waals surface area contributed by atoms with Crippen LogP contribution in [0, 0.1) is 0 Å². The van der Waals surface area contributed by atoms with Crippen molar-refractivity contribution in [1.82, 2.24) is 20.8 Å². The highest BCUT2D eigenvalue weighted by atomic mass is 35.5. The van der Waals surface area contributed by atoms with Gasteiger partial charge in [-0.2, -0.15) is 0 Å². The zero-order valence-corrected chi connectivity index (χ0v) is 12.0. The van der Waals surface area contributed by atoms with E-state index in [0.29, 0.717) is 25.3 Å². The van der Waals surface area contributed by atoms with E-state index in [-0.39, 0.29) is 22.3 Å². The molecule has 1 atom stereocenters. The van der Waals surface area contributed by atoms with Crippen molar-refractivity contribution in [2.24, 2.45) is 0 Å². The molecule has 0 bridgehead atoms. The van der Waals surface area contributed by atoms with Gasteiger partial charge in [-0.25, -0.2) is 0 Å². The second kappa shape index (κ2) is 6.36. The monoisotopic (exact) mass is 303 g/mol. The third-order valence-corrected chi connectivity index (χ3v) is 3.36. The SMILES string of the molecule is CCNC(=O)C1CNCCN1c1cc(Cl)nnc1Cl. The Bertz CT molecular complexity index is 470. The van der Waals surface area contributed by atoms with E-state index in [9.17, 15) is 4.79 Å². The molecule has 2 N–H and O–H groups in total. The zero-order valence-electron chi connectivity index (χ0n) is 10.5. The maximum Gasteiger partial charge on any atom is 0.244 e. The minimum absolute atomic E-state index is 0.0429. The number of rotatable bonds is 3. The predicted octanol–water partition coefficient (Wildman–Crippen LogP) is 0.698. The number of hydrogen-bond donors (Lipinski definition) is 2. The van der Waals surface area contributed by atoms with E-state index in [1.165, 1.54) is 0 Å². The first-order valence-corrected chi connectivity index (χ1v) is 6.83. The average molecular weight is 304 g/mol. The lowest BCUT2D eigenvalue weighted by molar-refractivity contribution is -0.122. The Labute approximate surface area is 121 Å². The summed E-state index contributed by atoms with van der Waals surface area (Å²) < 4.78 is 0. The number of likely N-dealkylation sites (N-methyl/N-ethyl adjacent to an activating group) is 1. The summed E-state index contributed by atoms with van der Waals surface area (Å²) in [5, 5.41) is 14.0. The number of halogens is 2. The second-order valence-electron chi connectivity index (χ2n) is 4.15. The van der Waals surface area contributed by atoms with Gasteiger partial charge in [0.1, 0.15) is 6.04 Å². The summed E-state index contributed by atoms with van der Waals surface area (Å²) in [6, 6.07) is 1.31. The molecule has 0 aromatic carbocycles. The molecule has 1 amide bonds. The van der Waals surface area contributed by atoms with Crippen molar-refractivity contribution in [3.8, 4) is 0 Å². The molecule has 1 unspecified atom stereocenters. The molecular formula is C11H15Cl2N5O. The molecule has 0 aliphatic carbocycles. The van der Waals surface area contributed by atoms with Crippen molar-refractivity contribution in [3.05, 3.63) is 16.4 Å². The van der Waals surface area contributed by atoms with E-state index in [1.54, 1.807) is 6.07 Å². The van der Waals surface area contributed by atoms with E-state index < -0.39 is 0 Å². The number of piperazine rings is 1. The molecule has 2 rings (SSSR count). The predicted molar refractivity (Wildman–Crippen MR) is 74.7 cm³/mol. The number of amides is 1. The number of carbonyl (C=O) groups excluding carboxylic acids is 1. The lowest BCUT2D eigenvalue weighted by Gasteiger charge is -2.36. The standard InChI is InChI=1S/C11H15Cl2N5O/c1-2-15-11(19)8-6-14-3-4-18(8)7-5-9(12)16-17-10(7)13/h5,8,14H,2-4,6H2,1H3,(H,15,19). The minimum Gasteiger partial charge on any atom is -0.355 e. The van der Waals surface area contributed by atoms with Crippen LogP contribution in [0.15, 0.2) is 6.07 Å². The van der Waals surface area contributed by atoms with Crippen molar-refractivity contribution in [1.29, 1.82) is 0 Å². The lowest BCUT2D eigenvalue weighted by Crippen LogP contribution is -2.58. The maximum absolute atomic E-state index is 12.1. The van der Waals surface area contributed by atoms with Gasteiger partial charge in [0.25, 0.3) is 0 Å². The molecule has 104 valence electrons. The summed E-state index contributed by atoms with van der Waals surface area (Å²) in [5.74, 6) is -0.0429. The van der Waals surface area contributed by atoms with Crippen LogP contribution in [0.2, 0.25) is 10.3 Å². The minimum atomic E-state index is -0.327. The van der Waals surface area contributed by atoms with Crippen LogP contribution in [0.25, 0.3) is 0 Å². The number of hydrogen-bond acceptors (Lipinski definition) is 5. The van der Waals surface area contributed by atoms with Gasteiger partial charge in [-0.05, 0) is 6.92 Å². The van der Waals surface area contributed by atoms with Crippen molar-refractivity contribution < 1.29 is 4.79 Å². The first-order chi connectivity index (χ1) is 9.13. The number of aromatic nitrogens is 2. The van der Waals surface area contributed by atoms with Crippen LogP contribution in [0.5, 0.6) is 0 Å². The van der Waals surface area contributed by atoms with Crippen LogP contribution in [0.4, 0.5) is 5.69 Å². The Balaban J connectivity index is 2.28. The Kier molecular flexibility index (Phi) is 4.79. The highest BCUT2D eigenvalue weighted by Crippen LogP contribution is 2.27. The number of anilines is 1. The lowest BCUT2D eigenvalue weighted by atomic mass is 10.1. The molecule has 1 aromatic rings. The fourth-order valence-corrected chi connectivity index (χ4v) is 2.41. The number of nitrogens with zero attached hydrogens (tertiary/aromatic N) is 3. The van der Waals surface area contributed by atoms with Crippen LogP contribution < -0.4 is 15.5 Å². The van der Waals surface area contributed by atoms with Crippen molar-refractivity contribution in [2.45, 2.75) is 13.0 Å². The van der Waals surface area contributed by atoms with Crippen LogP contribution in [-0.4, -0.2) is 48.3 Å². The molecule has 0 spiro atoms. The molecule has 8 heteroatoms. The van der Waals surface area contributed by atoms with E-state index in [4.69, 9.17) is 23.2 Å². The van der Waals surface area contributed by atoms with Crippen LogP contribution in [-0.2, 0) is 4.79 Å². The molecular weight excluding hydrogens is 289 g/mol. The molecule has 1 aliphatic rings. The van der Waals surface area contributed by atoms with Gasteiger partial charge in [0.15, 0.2) is 10.3 Å². The van der Waals surface area contributed by atoms with Crippen molar-refractivity contribution in [2.75, 3.05) is 31.1 Å². The first kappa shape index (κ1) is 14.3. The molecule has 0 saturated carbocycles. The first-order valence-electron chi connectivity index (χ1n) is 6.07. The van der Waals surface area contributed by atoms with Gasteiger partial charge in [-0.15, -0.1) is 10.2 Å². The van der Waals surface area contributed by atoms with E-state index in [0.717, 1.165) is 6.54 Å². The van der Waals surface area contributed by atoms with Crippen LogP contribution in [0.3, 0.4) is 0 Å². The Hall–Kier alpha value is -1.11. The fourth-order valence-electron chi connectivity index (χ4n) is 2.06. The molecule has 6 nitrogen and oxygen atoms in total. The molecule has 1 saturated heterocycles. The molecule has 1 fully saturated rings. The molecule has 2 heterocycles. The summed E-state index contributed by atoms with van der Waals surface area (Å²) in [6.07, 6.45) is 0. The van der Waals surface area contributed by atoms with Gasteiger partial charge in [0.05, 0.1) is 5.69 Å². The van der Waals surface area contributed by atoms with Crippen LogP contribution >= 0.6 is 23.2 Å². The molecule has 0 radical (unpaired) electrons. The topological polar surface area (TPSA) is 70.2 Å². The Morgan fingerprint density at radius 1 is 1.58 bits per heavy atom. The molecule has 19 heavy (non-hydrogen) atoms. The highest BCUT2D eigenvalue weighted by Gasteiger charge is 2.30. The largest absolute Gasteiger partial charge is 0.355 e. The molecule has 1 aromatic heterocycles. The van der Waals surface area contributed by atoms with Crippen LogP contribution in [0.1, 0.15) is 6.92 Å². The van der Waals surface area contributed by atoms with Gasteiger partial charge in [0, 0.05) is 32.2 Å². The summed E-state index contributed by atoms with van der Waals surface area (Å²) in [4.78, 5) is 14.0. The molecule has 1 aliphatic heterocycles. The average Bonchev–Trinajstić information content (AvgIpc) is 2.42. The quantitative estimate of drug-likeness (QED) is 0.860. The second-order valence-corrected chi connectivity index (χ2v) is 4.90.